The van der Waals surface area contributed by atoms with Gasteiger partial charge < -0.3 is 5.32 Å². The van der Waals surface area contributed by atoms with Gasteiger partial charge in [-0.15, -0.1) is 11.3 Å². The monoisotopic (exact) mass is 411 g/mol. The van der Waals surface area contributed by atoms with E-state index in [1.165, 1.54) is 4.68 Å². The Morgan fingerprint density at radius 3 is 2.90 bits per heavy atom. The number of benzene rings is 1. The lowest BCUT2D eigenvalue weighted by Crippen LogP contribution is -2.36. The Morgan fingerprint density at radius 2 is 2.14 bits per heavy atom. The summed E-state index contributed by atoms with van der Waals surface area (Å²) in [4.78, 5) is 29.9. The summed E-state index contributed by atoms with van der Waals surface area (Å²) in [5.41, 5.74) is 2.54. The second-order valence-electron chi connectivity index (χ2n) is 7.37. The number of nitrogens with zero attached hydrogens (tertiary/aromatic N) is 4. The average molecular weight is 412 g/mol. The number of fused-ring (bicyclic) bond motifs is 1. The molecule has 1 aromatic carbocycles. The molecule has 1 aliphatic rings. The van der Waals surface area contributed by atoms with Crippen LogP contribution in [-0.2, 0) is 25.9 Å². The van der Waals surface area contributed by atoms with Gasteiger partial charge in [0.15, 0.2) is 0 Å². The number of amides is 1. The van der Waals surface area contributed by atoms with E-state index in [2.05, 4.69) is 22.3 Å². The molecule has 1 atom stereocenters. The third-order valence-electron chi connectivity index (χ3n) is 5.37. The van der Waals surface area contributed by atoms with Crippen molar-refractivity contribution in [2.45, 2.75) is 58.7 Å². The van der Waals surface area contributed by atoms with Crippen LogP contribution in [0.5, 0.6) is 0 Å². The van der Waals surface area contributed by atoms with Crippen LogP contribution in [0.1, 0.15) is 52.2 Å². The average Bonchev–Trinajstić information content (AvgIpc) is 3.19. The summed E-state index contributed by atoms with van der Waals surface area (Å²) in [7, 11) is 0. The highest BCUT2D eigenvalue weighted by atomic mass is 32.1. The zero-order chi connectivity index (χ0) is 20.4. The number of aryl methyl sites for hydroxylation is 3. The normalized spacial score (nSPS) is 16.3. The van der Waals surface area contributed by atoms with Crippen molar-refractivity contribution in [3.05, 3.63) is 67.8 Å². The number of carbonyl (C=O) groups is 1. The van der Waals surface area contributed by atoms with E-state index in [1.807, 2.05) is 36.6 Å². The highest BCUT2D eigenvalue weighted by Crippen LogP contribution is 2.15. The van der Waals surface area contributed by atoms with E-state index in [0.717, 1.165) is 40.5 Å². The van der Waals surface area contributed by atoms with E-state index in [-0.39, 0.29) is 17.6 Å². The van der Waals surface area contributed by atoms with Gasteiger partial charge in [-0.1, -0.05) is 25.1 Å². The lowest BCUT2D eigenvalue weighted by Gasteiger charge is -2.17. The van der Waals surface area contributed by atoms with Crippen LogP contribution in [0.2, 0.25) is 0 Å². The molecule has 3 heterocycles. The largest absolute Gasteiger partial charge is 0.349 e. The minimum absolute atomic E-state index is 0.0307. The van der Waals surface area contributed by atoms with Crippen LogP contribution in [0.3, 0.4) is 0 Å². The smallest absolute Gasteiger partial charge is 0.346 e. The van der Waals surface area contributed by atoms with E-state index >= 15 is 0 Å². The van der Waals surface area contributed by atoms with E-state index in [9.17, 15) is 9.59 Å². The third-order valence-corrected chi connectivity index (χ3v) is 6.20. The van der Waals surface area contributed by atoms with Gasteiger partial charge in [-0.05, 0) is 37.8 Å². The van der Waals surface area contributed by atoms with Crippen molar-refractivity contribution in [3.8, 4) is 0 Å². The van der Waals surface area contributed by atoms with Gasteiger partial charge in [0.25, 0.3) is 5.91 Å². The molecule has 0 fully saturated rings. The predicted molar refractivity (Wildman–Crippen MR) is 112 cm³/mol. The fourth-order valence-electron chi connectivity index (χ4n) is 3.82. The lowest BCUT2D eigenvalue weighted by molar-refractivity contribution is 0.0932. The number of nitrogens with one attached hydrogen (secondary N) is 1. The Kier molecular flexibility index (Phi) is 5.62. The molecule has 0 spiro atoms. The molecule has 2 aromatic heterocycles. The van der Waals surface area contributed by atoms with Crippen LogP contribution in [0.15, 0.2) is 34.4 Å². The van der Waals surface area contributed by atoms with Gasteiger partial charge in [0, 0.05) is 30.0 Å². The first-order chi connectivity index (χ1) is 14.0. The molecule has 0 saturated carbocycles. The number of rotatable bonds is 5. The van der Waals surface area contributed by atoms with Gasteiger partial charge in [-0.2, -0.15) is 5.10 Å². The summed E-state index contributed by atoms with van der Waals surface area (Å²) < 4.78 is 3.24. The lowest BCUT2D eigenvalue weighted by atomic mass is 10.0. The Labute approximate surface area is 173 Å². The number of carbonyl (C=O) groups excluding carboxylic acids is 1. The number of hydrogen-bond donors (Lipinski definition) is 1. The molecule has 3 aromatic rings. The first kappa shape index (κ1) is 19.6. The van der Waals surface area contributed by atoms with Gasteiger partial charge >= 0.3 is 5.69 Å². The quantitative estimate of drug-likeness (QED) is 0.700. The highest BCUT2D eigenvalue weighted by Gasteiger charge is 2.23. The Morgan fingerprint density at radius 1 is 1.31 bits per heavy atom. The van der Waals surface area contributed by atoms with Crippen molar-refractivity contribution in [1.82, 2.24) is 24.6 Å². The number of hydrogen-bond acceptors (Lipinski definition) is 5. The zero-order valence-corrected chi connectivity index (χ0v) is 17.5. The third kappa shape index (κ3) is 4.17. The molecule has 1 aliphatic heterocycles. The summed E-state index contributed by atoms with van der Waals surface area (Å²) in [5, 5.41) is 10.6. The molecule has 8 heteroatoms. The van der Waals surface area contributed by atoms with Crippen LogP contribution in [0.25, 0.3) is 0 Å². The predicted octanol–water partition coefficient (Wildman–Crippen LogP) is 2.56. The van der Waals surface area contributed by atoms with E-state index in [0.29, 0.717) is 25.9 Å². The first-order valence-corrected chi connectivity index (χ1v) is 10.9. The van der Waals surface area contributed by atoms with Crippen molar-refractivity contribution < 1.29 is 4.79 Å². The van der Waals surface area contributed by atoms with Crippen molar-refractivity contribution in [1.29, 1.82) is 0 Å². The standard InChI is InChI=1S/C21H25N5O2S/c1-3-15-6-4-5-7-18(15)20(27)23-16-8-9-19-24-26(21(28)25(19)11-10-16)12-17-13-29-14(2)22-17/h4-7,13,16H,3,8-12H2,1-2H3,(H,23,27). The van der Waals surface area contributed by atoms with Crippen LogP contribution < -0.4 is 11.0 Å². The van der Waals surface area contributed by atoms with Gasteiger partial charge in [0.1, 0.15) is 5.82 Å². The second-order valence-corrected chi connectivity index (χ2v) is 8.44. The number of thiazole rings is 1. The SMILES string of the molecule is CCc1ccccc1C(=O)NC1CCc2nn(Cc3csc(C)n3)c(=O)n2CC1. The molecular formula is C21H25N5O2S. The molecule has 1 unspecified atom stereocenters. The Bertz CT molecular complexity index is 1080. The van der Waals surface area contributed by atoms with Crippen molar-refractivity contribution >= 4 is 17.2 Å². The zero-order valence-electron chi connectivity index (χ0n) is 16.7. The summed E-state index contributed by atoms with van der Waals surface area (Å²) in [6, 6.07) is 7.74. The summed E-state index contributed by atoms with van der Waals surface area (Å²) in [5.74, 6) is 0.746. The van der Waals surface area contributed by atoms with E-state index in [4.69, 9.17) is 0 Å². The summed E-state index contributed by atoms with van der Waals surface area (Å²) in [6.45, 7) is 4.96. The summed E-state index contributed by atoms with van der Waals surface area (Å²) in [6.07, 6.45) is 2.97. The van der Waals surface area contributed by atoms with Crippen LogP contribution >= 0.6 is 11.3 Å². The first-order valence-electron chi connectivity index (χ1n) is 10.0. The molecule has 1 N–H and O–H groups in total. The topological polar surface area (TPSA) is 81.8 Å². The fourth-order valence-corrected chi connectivity index (χ4v) is 4.43. The summed E-state index contributed by atoms with van der Waals surface area (Å²) >= 11 is 1.57. The van der Waals surface area contributed by atoms with Gasteiger partial charge in [-0.3, -0.25) is 9.36 Å². The van der Waals surface area contributed by atoms with Crippen LogP contribution in [-0.4, -0.2) is 31.3 Å². The molecule has 4 rings (SSSR count). The van der Waals surface area contributed by atoms with E-state index in [1.54, 1.807) is 15.9 Å². The molecule has 0 radical (unpaired) electrons. The molecule has 0 aliphatic carbocycles. The highest BCUT2D eigenvalue weighted by molar-refractivity contribution is 7.09. The second kappa shape index (κ2) is 8.32. The molecule has 0 saturated heterocycles. The molecule has 7 nitrogen and oxygen atoms in total. The fraction of sp³-hybridized carbons (Fsp3) is 0.429. The Balaban J connectivity index is 1.44. The molecule has 0 bridgehead atoms. The molecule has 1 amide bonds. The minimum Gasteiger partial charge on any atom is -0.349 e. The van der Waals surface area contributed by atoms with Crippen LogP contribution in [0.4, 0.5) is 0 Å². The van der Waals surface area contributed by atoms with Gasteiger partial charge in [-0.25, -0.2) is 14.5 Å². The maximum absolute atomic E-state index is 12.8. The molecule has 152 valence electrons. The molecule has 29 heavy (non-hydrogen) atoms. The Hall–Kier alpha value is -2.74. The van der Waals surface area contributed by atoms with Crippen molar-refractivity contribution in [3.63, 3.8) is 0 Å². The van der Waals surface area contributed by atoms with Gasteiger partial charge in [0.05, 0.1) is 17.2 Å². The minimum atomic E-state index is -0.103. The van der Waals surface area contributed by atoms with Gasteiger partial charge in [0.2, 0.25) is 0 Å². The molecular weight excluding hydrogens is 386 g/mol. The van der Waals surface area contributed by atoms with Crippen LogP contribution in [0, 0.1) is 6.92 Å². The maximum Gasteiger partial charge on any atom is 0.346 e. The van der Waals surface area contributed by atoms with E-state index < -0.39 is 0 Å². The van der Waals surface area contributed by atoms with Crippen molar-refractivity contribution in [2.24, 2.45) is 0 Å². The van der Waals surface area contributed by atoms with Crippen molar-refractivity contribution in [2.75, 3.05) is 0 Å². The number of aromatic nitrogens is 4. The maximum atomic E-state index is 12.8.